The zero-order chi connectivity index (χ0) is 10.6. The van der Waals surface area contributed by atoms with Crippen LogP contribution in [0.15, 0.2) is 15.9 Å². The average molecular weight is 278 g/mol. The normalized spacial score (nSPS) is 10.2. The fourth-order valence-electron chi connectivity index (χ4n) is 1.11. The van der Waals surface area contributed by atoms with Crippen molar-refractivity contribution in [2.75, 3.05) is 19.7 Å². The summed E-state index contributed by atoms with van der Waals surface area (Å²) in [5.74, 6) is -0.0246. The second kappa shape index (κ2) is 5.48. The summed E-state index contributed by atoms with van der Waals surface area (Å²) in [6.07, 6.45) is 0. The Hall–Kier alpha value is -0.390. The molecule has 0 bridgehead atoms. The van der Waals surface area contributed by atoms with Crippen LogP contribution in [0.25, 0.3) is 0 Å². The molecule has 1 rings (SSSR count). The third-order valence-corrected chi connectivity index (χ3v) is 3.68. The third kappa shape index (κ3) is 2.56. The zero-order valence-corrected chi connectivity index (χ0v) is 10.3. The molecule has 0 saturated heterocycles. The third-order valence-electron chi connectivity index (χ3n) is 1.85. The number of amides is 1. The van der Waals surface area contributed by atoms with Crippen LogP contribution in [-0.4, -0.2) is 35.6 Å². The lowest BCUT2D eigenvalue weighted by Gasteiger charge is -2.18. The van der Waals surface area contributed by atoms with E-state index in [4.69, 9.17) is 5.11 Å². The van der Waals surface area contributed by atoms with Gasteiger partial charge in [-0.2, -0.15) is 0 Å². The Balaban J connectivity index is 2.78. The highest BCUT2D eigenvalue weighted by atomic mass is 79.9. The number of thiophene rings is 1. The van der Waals surface area contributed by atoms with Crippen molar-refractivity contribution in [3.8, 4) is 0 Å². The molecule has 0 aliphatic heterocycles. The molecule has 3 nitrogen and oxygen atoms in total. The van der Waals surface area contributed by atoms with Crippen LogP contribution in [-0.2, 0) is 0 Å². The second-order valence-corrected chi connectivity index (χ2v) is 4.48. The molecule has 5 heteroatoms. The number of hydrogen-bond acceptors (Lipinski definition) is 3. The van der Waals surface area contributed by atoms with Gasteiger partial charge in [0, 0.05) is 17.6 Å². The molecule has 1 aromatic heterocycles. The van der Waals surface area contributed by atoms with E-state index in [2.05, 4.69) is 15.9 Å². The van der Waals surface area contributed by atoms with Crippen LogP contribution in [0.5, 0.6) is 0 Å². The van der Waals surface area contributed by atoms with E-state index < -0.39 is 0 Å². The summed E-state index contributed by atoms with van der Waals surface area (Å²) in [5, 5.41) is 10.6. The summed E-state index contributed by atoms with van der Waals surface area (Å²) >= 11 is 4.72. The van der Waals surface area contributed by atoms with Gasteiger partial charge in [-0.15, -0.1) is 11.3 Å². The molecule has 78 valence electrons. The lowest BCUT2D eigenvalue weighted by molar-refractivity contribution is 0.0736. The van der Waals surface area contributed by atoms with E-state index in [1.807, 2.05) is 18.4 Å². The molecule has 0 fully saturated rings. The molecule has 14 heavy (non-hydrogen) atoms. The summed E-state index contributed by atoms with van der Waals surface area (Å²) in [5.41, 5.74) is 0. The Labute approximate surface area is 95.5 Å². The van der Waals surface area contributed by atoms with Crippen LogP contribution in [0, 0.1) is 0 Å². The standard InChI is InChI=1S/C9H12BrNO2S/c1-2-11(4-5-12)9(13)8-7(10)3-6-14-8/h3,6,12H,2,4-5H2,1H3. The van der Waals surface area contributed by atoms with Gasteiger partial charge >= 0.3 is 0 Å². The van der Waals surface area contributed by atoms with E-state index in [0.717, 1.165) is 4.47 Å². The van der Waals surface area contributed by atoms with Crippen LogP contribution in [0.4, 0.5) is 0 Å². The number of aliphatic hydroxyl groups is 1. The molecule has 0 aliphatic rings. The lowest BCUT2D eigenvalue weighted by atomic mass is 10.4. The van der Waals surface area contributed by atoms with E-state index in [9.17, 15) is 4.79 Å². The molecule has 0 saturated carbocycles. The largest absolute Gasteiger partial charge is 0.395 e. The van der Waals surface area contributed by atoms with Gasteiger partial charge < -0.3 is 10.0 Å². The number of hydrogen-bond donors (Lipinski definition) is 1. The number of likely N-dealkylation sites (N-methyl/N-ethyl adjacent to an activating group) is 1. The maximum Gasteiger partial charge on any atom is 0.265 e. The zero-order valence-electron chi connectivity index (χ0n) is 7.86. The van der Waals surface area contributed by atoms with Crippen molar-refractivity contribution in [3.05, 3.63) is 20.8 Å². The van der Waals surface area contributed by atoms with E-state index >= 15 is 0 Å². The van der Waals surface area contributed by atoms with Crippen molar-refractivity contribution in [2.45, 2.75) is 6.92 Å². The minimum Gasteiger partial charge on any atom is -0.395 e. The summed E-state index contributed by atoms with van der Waals surface area (Å²) in [6.45, 7) is 2.90. The van der Waals surface area contributed by atoms with Gasteiger partial charge in [-0.3, -0.25) is 4.79 Å². The predicted octanol–water partition coefficient (Wildman–Crippen LogP) is 1.96. The molecule has 0 radical (unpaired) electrons. The first-order valence-corrected chi connectivity index (χ1v) is 6.01. The summed E-state index contributed by atoms with van der Waals surface area (Å²) in [7, 11) is 0. The molecule has 1 aromatic rings. The van der Waals surface area contributed by atoms with Crippen molar-refractivity contribution < 1.29 is 9.90 Å². The number of carbonyl (C=O) groups excluding carboxylic acids is 1. The Bertz CT molecular complexity index is 314. The van der Waals surface area contributed by atoms with Gasteiger partial charge in [-0.1, -0.05) is 0 Å². The Morgan fingerprint density at radius 3 is 2.86 bits per heavy atom. The van der Waals surface area contributed by atoms with Crippen molar-refractivity contribution >= 4 is 33.2 Å². The smallest absolute Gasteiger partial charge is 0.265 e. The summed E-state index contributed by atoms with van der Waals surface area (Å²) in [4.78, 5) is 14.2. The molecule has 1 amide bonds. The number of halogens is 1. The number of carbonyl (C=O) groups is 1. The predicted molar refractivity (Wildman–Crippen MR) is 60.7 cm³/mol. The Morgan fingerprint density at radius 1 is 1.71 bits per heavy atom. The molecule has 0 unspecified atom stereocenters. The maximum atomic E-state index is 11.8. The monoisotopic (exact) mass is 277 g/mol. The number of rotatable bonds is 4. The van der Waals surface area contributed by atoms with Gasteiger partial charge in [0.15, 0.2) is 0 Å². The molecule has 0 spiro atoms. The molecular weight excluding hydrogens is 266 g/mol. The highest BCUT2D eigenvalue weighted by molar-refractivity contribution is 9.10. The summed E-state index contributed by atoms with van der Waals surface area (Å²) < 4.78 is 0.823. The molecular formula is C9H12BrNO2S. The van der Waals surface area contributed by atoms with Gasteiger partial charge in [0.2, 0.25) is 0 Å². The van der Waals surface area contributed by atoms with Crippen LogP contribution in [0.1, 0.15) is 16.6 Å². The number of aliphatic hydroxyl groups excluding tert-OH is 1. The highest BCUT2D eigenvalue weighted by Crippen LogP contribution is 2.23. The van der Waals surface area contributed by atoms with Gasteiger partial charge in [-0.25, -0.2) is 0 Å². The topological polar surface area (TPSA) is 40.5 Å². The first-order chi connectivity index (χ1) is 6.70. The summed E-state index contributed by atoms with van der Waals surface area (Å²) in [6, 6.07) is 1.85. The van der Waals surface area contributed by atoms with Crippen LogP contribution >= 0.6 is 27.3 Å². The minimum atomic E-state index is -0.0246. The van der Waals surface area contributed by atoms with Gasteiger partial charge in [0.25, 0.3) is 5.91 Å². The Kier molecular flexibility index (Phi) is 4.57. The number of nitrogens with zero attached hydrogens (tertiary/aromatic N) is 1. The average Bonchev–Trinajstić information content (AvgIpc) is 2.59. The van der Waals surface area contributed by atoms with Crippen LogP contribution in [0.3, 0.4) is 0 Å². The van der Waals surface area contributed by atoms with E-state index in [-0.39, 0.29) is 12.5 Å². The van der Waals surface area contributed by atoms with Gasteiger partial charge in [-0.05, 0) is 34.3 Å². The van der Waals surface area contributed by atoms with E-state index in [0.29, 0.717) is 18.0 Å². The van der Waals surface area contributed by atoms with Crippen LogP contribution in [0.2, 0.25) is 0 Å². The van der Waals surface area contributed by atoms with Crippen molar-refractivity contribution in [1.29, 1.82) is 0 Å². The first kappa shape index (κ1) is 11.7. The molecule has 0 aliphatic carbocycles. The molecule has 0 atom stereocenters. The molecule has 1 heterocycles. The minimum absolute atomic E-state index is 0.00255. The Morgan fingerprint density at radius 2 is 2.43 bits per heavy atom. The molecule has 1 N–H and O–H groups in total. The maximum absolute atomic E-state index is 11.8. The van der Waals surface area contributed by atoms with Crippen molar-refractivity contribution in [1.82, 2.24) is 4.90 Å². The fourth-order valence-corrected chi connectivity index (χ4v) is 2.62. The van der Waals surface area contributed by atoms with Gasteiger partial charge in [0.05, 0.1) is 6.61 Å². The molecule has 0 aromatic carbocycles. The quantitative estimate of drug-likeness (QED) is 0.914. The van der Waals surface area contributed by atoms with Gasteiger partial charge in [0.1, 0.15) is 4.88 Å². The van der Waals surface area contributed by atoms with E-state index in [1.54, 1.807) is 4.90 Å². The lowest BCUT2D eigenvalue weighted by Crippen LogP contribution is -2.32. The van der Waals surface area contributed by atoms with E-state index in [1.165, 1.54) is 11.3 Å². The second-order valence-electron chi connectivity index (χ2n) is 2.71. The highest BCUT2D eigenvalue weighted by Gasteiger charge is 2.17. The SMILES string of the molecule is CCN(CCO)C(=O)c1sccc1Br. The van der Waals surface area contributed by atoms with Crippen molar-refractivity contribution in [3.63, 3.8) is 0 Å². The first-order valence-electron chi connectivity index (χ1n) is 4.33. The van der Waals surface area contributed by atoms with Crippen molar-refractivity contribution in [2.24, 2.45) is 0 Å². The fraction of sp³-hybridized carbons (Fsp3) is 0.444. The van der Waals surface area contributed by atoms with Crippen LogP contribution < -0.4 is 0 Å².